The predicted octanol–water partition coefficient (Wildman–Crippen LogP) is 2.10. The summed E-state index contributed by atoms with van der Waals surface area (Å²) in [5, 5.41) is 3.35. The van der Waals surface area contributed by atoms with Gasteiger partial charge in [0.2, 0.25) is 10.0 Å². The Kier molecular flexibility index (Phi) is 5.17. The van der Waals surface area contributed by atoms with Crippen LogP contribution in [0.3, 0.4) is 0 Å². The Bertz CT molecular complexity index is 572. The molecule has 0 aliphatic carbocycles. The average molecular weight is 365 g/mol. The van der Waals surface area contributed by atoms with E-state index in [2.05, 4.69) is 21.2 Å². The molecule has 0 saturated carbocycles. The Morgan fingerprint density at radius 3 is 2.60 bits per heavy atom. The molecule has 1 fully saturated rings. The van der Waals surface area contributed by atoms with E-state index in [0.29, 0.717) is 24.1 Å². The molecular formula is C13H18BrFN2O2S. The van der Waals surface area contributed by atoms with Crippen LogP contribution in [0.4, 0.5) is 4.39 Å². The summed E-state index contributed by atoms with van der Waals surface area (Å²) in [5.41, 5.74) is 0.885. The van der Waals surface area contributed by atoms with Crippen molar-refractivity contribution in [3.05, 3.63) is 34.1 Å². The molecule has 0 bridgehead atoms. The van der Waals surface area contributed by atoms with Crippen LogP contribution in [-0.2, 0) is 16.6 Å². The van der Waals surface area contributed by atoms with E-state index in [1.165, 1.54) is 16.6 Å². The van der Waals surface area contributed by atoms with Gasteiger partial charge in [-0.2, -0.15) is 0 Å². The molecule has 7 heteroatoms. The highest BCUT2D eigenvalue weighted by molar-refractivity contribution is 9.10. The summed E-state index contributed by atoms with van der Waals surface area (Å²) < 4.78 is 38.1. The van der Waals surface area contributed by atoms with Gasteiger partial charge in [0.15, 0.2) is 0 Å². The zero-order valence-electron chi connectivity index (χ0n) is 11.3. The Hall–Kier alpha value is -0.500. The van der Waals surface area contributed by atoms with Gasteiger partial charge in [-0.1, -0.05) is 6.07 Å². The van der Waals surface area contributed by atoms with Crippen LogP contribution in [0, 0.1) is 5.82 Å². The number of halogens is 2. The van der Waals surface area contributed by atoms with Gasteiger partial charge in [0.25, 0.3) is 0 Å². The summed E-state index contributed by atoms with van der Waals surface area (Å²) in [6, 6.07) is 5.34. The molecule has 112 valence electrons. The maximum Gasteiger partial charge on any atom is 0.211 e. The van der Waals surface area contributed by atoms with Crippen molar-refractivity contribution in [3.8, 4) is 0 Å². The molecule has 1 aliphatic heterocycles. The largest absolute Gasteiger partial charge is 0.310 e. The first kappa shape index (κ1) is 15.9. The number of nitrogens with one attached hydrogen (secondary N) is 1. The lowest BCUT2D eigenvalue weighted by Crippen LogP contribution is -2.44. The van der Waals surface area contributed by atoms with Crippen molar-refractivity contribution in [3.63, 3.8) is 0 Å². The lowest BCUT2D eigenvalue weighted by molar-refractivity contribution is 0.290. The third kappa shape index (κ3) is 4.25. The van der Waals surface area contributed by atoms with E-state index in [1.54, 1.807) is 6.07 Å². The maximum absolute atomic E-state index is 13.4. The van der Waals surface area contributed by atoms with Crippen LogP contribution in [0.15, 0.2) is 22.7 Å². The molecule has 0 aromatic heterocycles. The fourth-order valence-corrected chi connectivity index (χ4v) is 3.42. The van der Waals surface area contributed by atoms with Gasteiger partial charge in [0.05, 0.1) is 10.7 Å². The third-order valence-electron chi connectivity index (χ3n) is 3.50. The van der Waals surface area contributed by atoms with Crippen LogP contribution in [0.1, 0.15) is 18.4 Å². The lowest BCUT2D eigenvalue weighted by Gasteiger charge is -2.30. The van der Waals surface area contributed by atoms with E-state index < -0.39 is 10.0 Å². The van der Waals surface area contributed by atoms with Crippen molar-refractivity contribution in [2.45, 2.75) is 25.4 Å². The number of rotatable bonds is 4. The summed E-state index contributed by atoms with van der Waals surface area (Å²) in [6.07, 6.45) is 2.81. The molecule has 1 aromatic rings. The number of benzene rings is 1. The standard InChI is InChI=1S/C13H18BrFN2O2S/c1-20(18,19)17-6-4-11(5-7-17)16-9-10-2-3-12(14)13(15)8-10/h2-3,8,11,16H,4-7,9H2,1H3. The molecule has 0 atom stereocenters. The second kappa shape index (κ2) is 6.51. The number of nitrogens with zero attached hydrogens (tertiary/aromatic N) is 1. The first-order chi connectivity index (χ1) is 9.36. The molecule has 2 rings (SSSR count). The molecule has 1 aromatic carbocycles. The van der Waals surface area contributed by atoms with E-state index in [4.69, 9.17) is 0 Å². The van der Waals surface area contributed by atoms with E-state index in [-0.39, 0.29) is 11.9 Å². The van der Waals surface area contributed by atoms with E-state index in [9.17, 15) is 12.8 Å². The van der Waals surface area contributed by atoms with Crippen LogP contribution in [0.2, 0.25) is 0 Å². The van der Waals surface area contributed by atoms with Crippen LogP contribution in [0.25, 0.3) is 0 Å². The van der Waals surface area contributed by atoms with Gasteiger partial charge in [0, 0.05) is 25.7 Å². The summed E-state index contributed by atoms with van der Waals surface area (Å²) in [6.45, 7) is 1.68. The Balaban J connectivity index is 1.83. The van der Waals surface area contributed by atoms with Crippen molar-refractivity contribution in [2.24, 2.45) is 0 Å². The molecule has 1 N–H and O–H groups in total. The molecule has 20 heavy (non-hydrogen) atoms. The second-order valence-corrected chi connectivity index (χ2v) is 7.90. The molecule has 4 nitrogen and oxygen atoms in total. The lowest BCUT2D eigenvalue weighted by atomic mass is 10.1. The van der Waals surface area contributed by atoms with Crippen molar-refractivity contribution in [1.82, 2.24) is 9.62 Å². The average Bonchev–Trinajstić information content (AvgIpc) is 2.40. The normalized spacial score (nSPS) is 18.4. The van der Waals surface area contributed by atoms with Gasteiger partial charge in [0.1, 0.15) is 5.82 Å². The zero-order chi connectivity index (χ0) is 14.8. The Labute approximate surface area is 127 Å². The minimum absolute atomic E-state index is 0.267. The number of hydrogen-bond acceptors (Lipinski definition) is 3. The van der Waals surface area contributed by atoms with E-state index in [0.717, 1.165) is 18.4 Å². The molecule has 0 amide bonds. The summed E-state index contributed by atoms with van der Waals surface area (Å²) >= 11 is 3.12. The fourth-order valence-electron chi connectivity index (χ4n) is 2.30. The van der Waals surface area contributed by atoms with Crippen LogP contribution in [0.5, 0.6) is 0 Å². The SMILES string of the molecule is CS(=O)(=O)N1CCC(NCc2ccc(Br)c(F)c2)CC1. The molecule has 0 unspecified atom stereocenters. The van der Waals surface area contributed by atoms with Crippen LogP contribution in [-0.4, -0.2) is 38.1 Å². The van der Waals surface area contributed by atoms with Gasteiger partial charge in [-0.15, -0.1) is 0 Å². The highest BCUT2D eigenvalue weighted by atomic mass is 79.9. The summed E-state index contributed by atoms with van der Waals surface area (Å²) in [4.78, 5) is 0. The highest BCUT2D eigenvalue weighted by Gasteiger charge is 2.24. The molecule has 0 radical (unpaired) electrons. The van der Waals surface area contributed by atoms with Crippen molar-refractivity contribution < 1.29 is 12.8 Å². The quantitative estimate of drug-likeness (QED) is 0.889. The monoisotopic (exact) mass is 364 g/mol. The molecular weight excluding hydrogens is 347 g/mol. The Morgan fingerprint density at radius 1 is 1.40 bits per heavy atom. The molecule has 0 spiro atoms. The third-order valence-corrected chi connectivity index (χ3v) is 5.45. The van der Waals surface area contributed by atoms with Gasteiger partial charge >= 0.3 is 0 Å². The predicted molar refractivity (Wildman–Crippen MR) is 80.4 cm³/mol. The smallest absolute Gasteiger partial charge is 0.211 e. The molecule has 1 heterocycles. The van der Waals surface area contributed by atoms with E-state index >= 15 is 0 Å². The molecule has 1 saturated heterocycles. The van der Waals surface area contributed by atoms with E-state index in [1.807, 2.05) is 6.07 Å². The van der Waals surface area contributed by atoms with Crippen LogP contribution >= 0.6 is 15.9 Å². The highest BCUT2D eigenvalue weighted by Crippen LogP contribution is 2.17. The minimum atomic E-state index is -3.08. The first-order valence-corrected chi connectivity index (χ1v) is 9.13. The summed E-state index contributed by atoms with van der Waals surface area (Å²) in [5.74, 6) is -0.267. The van der Waals surface area contributed by atoms with Crippen molar-refractivity contribution in [2.75, 3.05) is 19.3 Å². The van der Waals surface area contributed by atoms with Crippen molar-refractivity contribution >= 4 is 26.0 Å². The fraction of sp³-hybridized carbons (Fsp3) is 0.538. The second-order valence-electron chi connectivity index (χ2n) is 5.07. The van der Waals surface area contributed by atoms with Crippen molar-refractivity contribution in [1.29, 1.82) is 0 Å². The topological polar surface area (TPSA) is 49.4 Å². The number of sulfonamides is 1. The van der Waals surface area contributed by atoms with Crippen LogP contribution < -0.4 is 5.32 Å². The minimum Gasteiger partial charge on any atom is -0.310 e. The number of piperidine rings is 1. The van der Waals surface area contributed by atoms with Gasteiger partial charge < -0.3 is 5.32 Å². The van der Waals surface area contributed by atoms with Gasteiger partial charge in [-0.05, 0) is 46.5 Å². The van der Waals surface area contributed by atoms with Gasteiger partial charge in [-0.3, -0.25) is 0 Å². The maximum atomic E-state index is 13.4. The zero-order valence-corrected chi connectivity index (χ0v) is 13.7. The van der Waals surface area contributed by atoms with Gasteiger partial charge in [-0.25, -0.2) is 17.1 Å². The Morgan fingerprint density at radius 2 is 2.05 bits per heavy atom. The molecule has 1 aliphatic rings. The summed E-state index contributed by atoms with van der Waals surface area (Å²) in [7, 11) is -3.08. The first-order valence-electron chi connectivity index (χ1n) is 6.48. The number of hydrogen-bond donors (Lipinski definition) is 1.